The third-order valence-corrected chi connectivity index (χ3v) is 4.91. The largest absolute Gasteiger partial charge is 0.497 e. The summed E-state index contributed by atoms with van der Waals surface area (Å²) < 4.78 is 5.12. The maximum atomic E-state index is 12.8. The van der Waals surface area contributed by atoms with Gasteiger partial charge in [0.2, 0.25) is 5.91 Å². The Bertz CT molecular complexity index is 781. The first kappa shape index (κ1) is 21.7. The fraction of sp³-hybridized carbons (Fsp3) is 0.421. The first-order valence-corrected chi connectivity index (χ1v) is 8.88. The normalized spacial score (nSPS) is 21.5. The molecule has 0 spiro atoms. The van der Waals surface area contributed by atoms with Crippen molar-refractivity contribution in [3.8, 4) is 5.75 Å². The minimum absolute atomic E-state index is 0. The second kappa shape index (κ2) is 9.07. The van der Waals surface area contributed by atoms with Crippen molar-refractivity contribution in [2.24, 2.45) is 0 Å². The molecule has 0 aromatic heterocycles. The van der Waals surface area contributed by atoms with Gasteiger partial charge in [0.1, 0.15) is 17.8 Å². The van der Waals surface area contributed by atoms with Crippen molar-refractivity contribution < 1.29 is 19.1 Å². The van der Waals surface area contributed by atoms with Gasteiger partial charge < -0.3 is 20.7 Å². The van der Waals surface area contributed by atoms with Gasteiger partial charge in [0.15, 0.2) is 0 Å². The third kappa shape index (κ3) is 4.45. The lowest BCUT2D eigenvalue weighted by Crippen LogP contribution is -2.43. The van der Waals surface area contributed by atoms with Gasteiger partial charge in [-0.2, -0.15) is 0 Å². The molecule has 1 unspecified atom stereocenters. The molecule has 1 atom stereocenters. The van der Waals surface area contributed by atoms with Crippen molar-refractivity contribution >= 4 is 30.3 Å². The molecule has 8 nitrogen and oxygen atoms in total. The number of imide groups is 1. The highest BCUT2D eigenvalue weighted by Crippen LogP contribution is 2.29. The van der Waals surface area contributed by atoms with Crippen LogP contribution in [0.1, 0.15) is 18.9 Å². The number of benzene rings is 1. The van der Waals surface area contributed by atoms with Crippen molar-refractivity contribution in [3.05, 3.63) is 41.5 Å². The lowest BCUT2D eigenvalue weighted by Gasteiger charge is -2.22. The van der Waals surface area contributed by atoms with Crippen LogP contribution in [0.4, 0.5) is 4.79 Å². The van der Waals surface area contributed by atoms with Crippen LogP contribution < -0.4 is 20.7 Å². The second-order valence-corrected chi connectivity index (χ2v) is 6.77. The van der Waals surface area contributed by atoms with Crippen LogP contribution in [0.25, 0.3) is 0 Å². The number of ether oxygens (including phenoxy) is 1. The van der Waals surface area contributed by atoms with E-state index in [0.717, 1.165) is 30.0 Å². The predicted octanol–water partition coefficient (Wildman–Crippen LogP) is 0.920. The number of urea groups is 1. The minimum atomic E-state index is -1.21. The van der Waals surface area contributed by atoms with Crippen molar-refractivity contribution in [2.75, 3.05) is 33.3 Å². The summed E-state index contributed by atoms with van der Waals surface area (Å²) in [5.74, 6) is -0.159. The van der Waals surface area contributed by atoms with Crippen LogP contribution in [-0.4, -0.2) is 56.0 Å². The zero-order valence-corrected chi connectivity index (χ0v) is 16.7. The number of methoxy groups -OCH3 is 1. The molecule has 4 amide bonds. The Balaban J connectivity index is 0.00000280. The molecule has 0 bridgehead atoms. The summed E-state index contributed by atoms with van der Waals surface area (Å²) in [4.78, 5) is 38.3. The molecule has 28 heavy (non-hydrogen) atoms. The number of hydrogen-bond acceptors (Lipinski definition) is 5. The lowest BCUT2D eigenvalue weighted by molar-refractivity contribution is -0.134. The highest BCUT2D eigenvalue weighted by Gasteiger charge is 2.49. The maximum absolute atomic E-state index is 12.8. The average Bonchev–Trinajstić information content (AvgIpc) is 2.91. The topological polar surface area (TPSA) is 99.8 Å². The van der Waals surface area contributed by atoms with E-state index in [4.69, 9.17) is 4.74 Å². The molecular weight excluding hydrogens is 384 g/mol. The highest BCUT2D eigenvalue weighted by molar-refractivity contribution is 6.09. The Kier molecular flexibility index (Phi) is 7.04. The molecule has 9 heteroatoms. The molecule has 2 aliphatic heterocycles. The number of nitrogens with one attached hydrogen (secondary N) is 3. The van der Waals surface area contributed by atoms with Gasteiger partial charge in [-0.15, -0.1) is 12.4 Å². The predicted molar refractivity (Wildman–Crippen MR) is 106 cm³/mol. The van der Waals surface area contributed by atoms with E-state index in [-0.39, 0.29) is 24.9 Å². The molecule has 3 rings (SSSR count). The number of hydrogen-bond donors (Lipinski definition) is 3. The molecule has 2 heterocycles. The fourth-order valence-electron chi connectivity index (χ4n) is 3.20. The summed E-state index contributed by atoms with van der Waals surface area (Å²) in [7, 11) is 1.56. The number of carbonyl (C=O) groups is 3. The number of nitrogens with zero attached hydrogens (tertiary/aromatic N) is 1. The molecule has 1 fully saturated rings. The van der Waals surface area contributed by atoms with Gasteiger partial charge in [-0.25, -0.2) is 4.79 Å². The van der Waals surface area contributed by atoms with Gasteiger partial charge in [0.25, 0.3) is 5.91 Å². The number of amides is 4. The lowest BCUT2D eigenvalue weighted by atomic mass is 9.92. The first-order chi connectivity index (χ1) is 12.9. The quantitative estimate of drug-likeness (QED) is 0.480. The van der Waals surface area contributed by atoms with Crippen LogP contribution in [0.15, 0.2) is 35.9 Å². The van der Waals surface area contributed by atoms with Gasteiger partial charge in [-0.05, 0) is 37.6 Å². The molecule has 0 radical (unpaired) electrons. The van der Waals surface area contributed by atoms with Crippen LogP contribution in [-0.2, 0) is 15.1 Å². The van der Waals surface area contributed by atoms with Gasteiger partial charge in [0.05, 0.1) is 7.11 Å². The maximum Gasteiger partial charge on any atom is 0.325 e. The van der Waals surface area contributed by atoms with Crippen molar-refractivity contribution in [2.45, 2.75) is 18.9 Å². The molecule has 1 aromatic carbocycles. The van der Waals surface area contributed by atoms with E-state index in [9.17, 15) is 14.4 Å². The second-order valence-electron chi connectivity index (χ2n) is 6.77. The monoisotopic (exact) mass is 408 g/mol. The van der Waals surface area contributed by atoms with Gasteiger partial charge >= 0.3 is 6.03 Å². The number of halogens is 1. The van der Waals surface area contributed by atoms with Crippen LogP contribution in [0.5, 0.6) is 5.75 Å². The Morgan fingerprint density at radius 1 is 1.29 bits per heavy atom. The van der Waals surface area contributed by atoms with Crippen molar-refractivity contribution in [1.29, 1.82) is 0 Å². The van der Waals surface area contributed by atoms with Crippen molar-refractivity contribution in [1.82, 2.24) is 20.9 Å². The van der Waals surface area contributed by atoms with Crippen molar-refractivity contribution in [3.63, 3.8) is 0 Å². The zero-order valence-electron chi connectivity index (χ0n) is 15.9. The van der Waals surface area contributed by atoms with E-state index in [2.05, 4.69) is 16.0 Å². The van der Waals surface area contributed by atoms with Crippen LogP contribution in [0, 0.1) is 0 Å². The highest BCUT2D eigenvalue weighted by atomic mass is 35.5. The summed E-state index contributed by atoms with van der Waals surface area (Å²) in [6, 6.07) is 6.33. The third-order valence-electron chi connectivity index (χ3n) is 4.91. The zero-order chi connectivity index (χ0) is 19.4. The van der Waals surface area contributed by atoms with E-state index in [1.165, 1.54) is 0 Å². The Morgan fingerprint density at radius 2 is 2.00 bits per heavy atom. The number of carbonyl (C=O) groups excluding carboxylic acids is 3. The van der Waals surface area contributed by atoms with E-state index in [0.29, 0.717) is 17.9 Å². The summed E-state index contributed by atoms with van der Waals surface area (Å²) in [5, 5.41) is 8.67. The smallest absolute Gasteiger partial charge is 0.325 e. The van der Waals surface area contributed by atoms with E-state index < -0.39 is 17.5 Å². The van der Waals surface area contributed by atoms with Crippen LogP contribution >= 0.6 is 12.4 Å². The van der Waals surface area contributed by atoms with Gasteiger partial charge in [-0.1, -0.05) is 23.8 Å². The van der Waals surface area contributed by atoms with Crippen LogP contribution in [0.2, 0.25) is 0 Å². The summed E-state index contributed by atoms with van der Waals surface area (Å²) in [6.45, 7) is 3.43. The van der Waals surface area contributed by atoms with Crippen LogP contribution in [0.3, 0.4) is 0 Å². The Hall–Kier alpha value is -2.58. The summed E-state index contributed by atoms with van der Waals surface area (Å²) >= 11 is 0. The minimum Gasteiger partial charge on any atom is -0.497 e. The SMILES string of the molecule is COc1ccc(C2(C)NC(=O)N(CC(=O)NCC3=CCNCC3)C2=O)cc1.Cl. The fourth-order valence-corrected chi connectivity index (χ4v) is 3.20. The molecule has 152 valence electrons. The molecule has 1 saturated heterocycles. The average molecular weight is 409 g/mol. The first-order valence-electron chi connectivity index (χ1n) is 8.88. The molecule has 1 aromatic rings. The Morgan fingerprint density at radius 3 is 2.61 bits per heavy atom. The standard InChI is InChI=1S/C19H24N4O4.ClH/c1-19(14-3-5-15(27-2)6-4-14)17(25)23(18(26)22-19)12-16(24)21-11-13-7-9-20-10-8-13;/h3-7,20H,8-12H2,1-2H3,(H,21,24)(H,22,26);1H. The molecule has 0 aliphatic carbocycles. The molecule has 3 N–H and O–H groups in total. The molecule has 2 aliphatic rings. The summed E-state index contributed by atoms with van der Waals surface area (Å²) in [6.07, 6.45) is 2.91. The molecular formula is C19H25ClN4O4. The van der Waals surface area contributed by atoms with E-state index >= 15 is 0 Å². The van der Waals surface area contributed by atoms with E-state index in [1.807, 2.05) is 6.08 Å². The Labute approximate surface area is 170 Å². The van der Waals surface area contributed by atoms with Gasteiger partial charge in [0, 0.05) is 13.1 Å². The van der Waals surface area contributed by atoms with E-state index in [1.54, 1.807) is 38.3 Å². The number of rotatable bonds is 6. The van der Waals surface area contributed by atoms with Gasteiger partial charge in [-0.3, -0.25) is 14.5 Å². The molecule has 0 saturated carbocycles. The summed E-state index contributed by atoms with van der Waals surface area (Å²) in [5.41, 5.74) is 0.563.